The molecule has 0 saturated heterocycles. The van der Waals surface area contributed by atoms with Crippen molar-refractivity contribution in [1.82, 2.24) is 5.32 Å². The van der Waals surface area contributed by atoms with E-state index < -0.39 is 0 Å². The zero-order valence-electron chi connectivity index (χ0n) is 12.2. The Labute approximate surface area is 107 Å². The minimum atomic E-state index is 0.737. The second kappa shape index (κ2) is 6.20. The van der Waals surface area contributed by atoms with E-state index in [9.17, 15) is 0 Å². The summed E-state index contributed by atoms with van der Waals surface area (Å²) in [4.78, 5) is 0. The Morgan fingerprint density at radius 2 is 1.53 bits per heavy atom. The van der Waals surface area contributed by atoms with Crippen molar-refractivity contribution in [3.8, 4) is 0 Å². The molecular weight excluding hydrogens is 206 g/mol. The number of benzene rings is 1. The standard InChI is InChI=1S/C16H27N/c1-11(2)15(6)9-17-10-16-13(4)7-12(3)8-14(16)5/h7-8,11,15,17H,9-10H2,1-6H3/t15-/m1/s1. The highest BCUT2D eigenvalue weighted by atomic mass is 14.9. The van der Waals surface area contributed by atoms with Gasteiger partial charge in [-0.05, 0) is 55.8 Å². The number of rotatable bonds is 5. The summed E-state index contributed by atoms with van der Waals surface area (Å²) in [5.41, 5.74) is 5.64. The van der Waals surface area contributed by atoms with Gasteiger partial charge in [0.1, 0.15) is 0 Å². The lowest BCUT2D eigenvalue weighted by atomic mass is 9.97. The van der Waals surface area contributed by atoms with Gasteiger partial charge in [-0.2, -0.15) is 0 Å². The van der Waals surface area contributed by atoms with Gasteiger partial charge in [-0.15, -0.1) is 0 Å². The van der Waals surface area contributed by atoms with Crippen LogP contribution in [0.5, 0.6) is 0 Å². The van der Waals surface area contributed by atoms with Crippen molar-refractivity contribution in [1.29, 1.82) is 0 Å². The molecule has 1 aromatic rings. The zero-order valence-corrected chi connectivity index (χ0v) is 12.2. The Morgan fingerprint density at radius 3 is 2.00 bits per heavy atom. The van der Waals surface area contributed by atoms with E-state index in [-0.39, 0.29) is 0 Å². The van der Waals surface area contributed by atoms with Crippen molar-refractivity contribution >= 4 is 0 Å². The third-order valence-corrected chi connectivity index (χ3v) is 3.75. The molecule has 96 valence electrons. The first-order valence-electron chi connectivity index (χ1n) is 6.69. The Bertz CT molecular complexity index is 343. The molecule has 0 spiro atoms. The first-order chi connectivity index (χ1) is 7.91. The largest absolute Gasteiger partial charge is 0.312 e. The molecule has 0 aliphatic rings. The third kappa shape index (κ3) is 4.16. The van der Waals surface area contributed by atoms with Crippen LogP contribution < -0.4 is 5.32 Å². The molecule has 0 heterocycles. The summed E-state index contributed by atoms with van der Waals surface area (Å²) < 4.78 is 0. The van der Waals surface area contributed by atoms with Crippen molar-refractivity contribution in [2.24, 2.45) is 11.8 Å². The minimum Gasteiger partial charge on any atom is -0.312 e. The van der Waals surface area contributed by atoms with Crippen LogP contribution >= 0.6 is 0 Å². The fourth-order valence-corrected chi connectivity index (χ4v) is 2.15. The summed E-state index contributed by atoms with van der Waals surface area (Å²) in [5, 5.41) is 3.58. The van der Waals surface area contributed by atoms with E-state index in [1.54, 1.807) is 0 Å². The Morgan fingerprint density at radius 1 is 1.00 bits per heavy atom. The van der Waals surface area contributed by atoms with E-state index in [2.05, 4.69) is 59.0 Å². The monoisotopic (exact) mass is 233 g/mol. The summed E-state index contributed by atoms with van der Waals surface area (Å²) >= 11 is 0. The Balaban J connectivity index is 2.58. The molecule has 1 nitrogen and oxygen atoms in total. The summed E-state index contributed by atoms with van der Waals surface area (Å²) in [7, 11) is 0. The molecule has 0 amide bonds. The molecule has 0 unspecified atom stereocenters. The van der Waals surface area contributed by atoms with Crippen LogP contribution in [0.2, 0.25) is 0 Å². The van der Waals surface area contributed by atoms with E-state index >= 15 is 0 Å². The van der Waals surface area contributed by atoms with Crippen LogP contribution in [0.25, 0.3) is 0 Å². The highest BCUT2D eigenvalue weighted by molar-refractivity contribution is 5.37. The zero-order chi connectivity index (χ0) is 13.0. The van der Waals surface area contributed by atoms with Crippen LogP contribution in [0.4, 0.5) is 0 Å². The van der Waals surface area contributed by atoms with Crippen LogP contribution in [0.3, 0.4) is 0 Å². The van der Waals surface area contributed by atoms with Gasteiger partial charge in [0, 0.05) is 6.54 Å². The fraction of sp³-hybridized carbons (Fsp3) is 0.625. The Kier molecular flexibility index (Phi) is 5.20. The molecule has 1 aromatic carbocycles. The van der Waals surface area contributed by atoms with Gasteiger partial charge in [-0.3, -0.25) is 0 Å². The van der Waals surface area contributed by atoms with Gasteiger partial charge < -0.3 is 5.32 Å². The van der Waals surface area contributed by atoms with Crippen molar-refractivity contribution in [3.63, 3.8) is 0 Å². The second-order valence-electron chi connectivity index (χ2n) is 5.73. The quantitative estimate of drug-likeness (QED) is 0.810. The van der Waals surface area contributed by atoms with Crippen LogP contribution in [-0.4, -0.2) is 6.54 Å². The highest BCUT2D eigenvalue weighted by Crippen LogP contribution is 2.16. The maximum Gasteiger partial charge on any atom is 0.0210 e. The number of nitrogens with one attached hydrogen (secondary N) is 1. The van der Waals surface area contributed by atoms with E-state index in [0.29, 0.717) is 0 Å². The molecule has 0 bridgehead atoms. The molecule has 0 radical (unpaired) electrons. The van der Waals surface area contributed by atoms with E-state index in [4.69, 9.17) is 0 Å². The van der Waals surface area contributed by atoms with Gasteiger partial charge in [0.2, 0.25) is 0 Å². The lowest BCUT2D eigenvalue weighted by Crippen LogP contribution is -2.24. The van der Waals surface area contributed by atoms with Crippen molar-refractivity contribution in [3.05, 3.63) is 34.4 Å². The summed E-state index contributed by atoms with van der Waals surface area (Å²) in [5.74, 6) is 1.49. The minimum absolute atomic E-state index is 0.737. The second-order valence-corrected chi connectivity index (χ2v) is 5.73. The molecule has 0 saturated carbocycles. The normalized spacial score (nSPS) is 13.1. The van der Waals surface area contributed by atoms with Gasteiger partial charge >= 0.3 is 0 Å². The molecule has 0 aliphatic heterocycles. The number of hydrogen-bond acceptors (Lipinski definition) is 1. The lowest BCUT2D eigenvalue weighted by molar-refractivity contribution is 0.392. The van der Waals surface area contributed by atoms with Gasteiger partial charge in [0.15, 0.2) is 0 Å². The maximum absolute atomic E-state index is 3.58. The molecular formula is C16H27N. The highest BCUT2D eigenvalue weighted by Gasteiger charge is 2.08. The molecule has 1 atom stereocenters. The molecule has 1 N–H and O–H groups in total. The molecule has 0 fully saturated rings. The topological polar surface area (TPSA) is 12.0 Å². The van der Waals surface area contributed by atoms with Crippen LogP contribution in [0, 0.1) is 32.6 Å². The van der Waals surface area contributed by atoms with Gasteiger partial charge in [-0.1, -0.05) is 38.5 Å². The van der Waals surface area contributed by atoms with Crippen molar-refractivity contribution in [2.45, 2.75) is 48.1 Å². The predicted molar refractivity (Wildman–Crippen MR) is 76.4 cm³/mol. The van der Waals surface area contributed by atoms with Crippen molar-refractivity contribution in [2.75, 3.05) is 6.54 Å². The average molecular weight is 233 g/mol. The van der Waals surface area contributed by atoms with E-state index in [1.165, 1.54) is 22.3 Å². The van der Waals surface area contributed by atoms with E-state index in [1.807, 2.05) is 0 Å². The summed E-state index contributed by atoms with van der Waals surface area (Å²) in [6.07, 6.45) is 0. The SMILES string of the molecule is Cc1cc(C)c(CNC[C@@H](C)C(C)C)c(C)c1. The molecule has 1 rings (SSSR count). The van der Waals surface area contributed by atoms with E-state index in [0.717, 1.165) is 24.9 Å². The smallest absolute Gasteiger partial charge is 0.0210 e. The maximum atomic E-state index is 3.58. The molecule has 0 aromatic heterocycles. The molecule has 17 heavy (non-hydrogen) atoms. The third-order valence-electron chi connectivity index (χ3n) is 3.75. The number of aryl methyl sites for hydroxylation is 3. The average Bonchev–Trinajstić information content (AvgIpc) is 2.21. The van der Waals surface area contributed by atoms with Gasteiger partial charge in [-0.25, -0.2) is 0 Å². The van der Waals surface area contributed by atoms with Crippen molar-refractivity contribution < 1.29 is 0 Å². The predicted octanol–water partition coefficient (Wildman–Crippen LogP) is 3.99. The first kappa shape index (κ1) is 14.2. The molecule has 1 heteroatoms. The fourth-order valence-electron chi connectivity index (χ4n) is 2.15. The number of hydrogen-bond donors (Lipinski definition) is 1. The van der Waals surface area contributed by atoms with Gasteiger partial charge in [0.05, 0.1) is 0 Å². The Hall–Kier alpha value is -0.820. The summed E-state index contributed by atoms with van der Waals surface area (Å²) in [6, 6.07) is 4.55. The van der Waals surface area contributed by atoms with Gasteiger partial charge in [0.25, 0.3) is 0 Å². The lowest BCUT2D eigenvalue weighted by Gasteiger charge is -2.18. The molecule has 0 aliphatic carbocycles. The first-order valence-corrected chi connectivity index (χ1v) is 6.69. The van der Waals surface area contributed by atoms with Crippen LogP contribution in [-0.2, 0) is 6.54 Å². The summed E-state index contributed by atoms with van der Waals surface area (Å²) in [6.45, 7) is 15.6. The van der Waals surface area contributed by atoms with Crippen LogP contribution in [0.15, 0.2) is 12.1 Å². The van der Waals surface area contributed by atoms with Crippen LogP contribution in [0.1, 0.15) is 43.0 Å².